The van der Waals surface area contributed by atoms with Gasteiger partial charge < -0.3 is 15.2 Å². The number of carboxylic acids is 1. The van der Waals surface area contributed by atoms with Crippen molar-refractivity contribution in [2.75, 3.05) is 5.32 Å². The largest absolute Gasteiger partial charge is 0.550 e. The SMILES string of the molecule is CC(CC(=O)[O-])CC(=O)Nc1ccc(S(N)(=O)=O)cc1. The zero-order valence-corrected chi connectivity index (χ0v) is 11.6. The molecule has 110 valence electrons. The molecular weight excluding hydrogens is 284 g/mol. The summed E-state index contributed by atoms with van der Waals surface area (Å²) in [6, 6.07) is 5.35. The number of hydrogen-bond acceptors (Lipinski definition) is 5. The quantitative estimate of drug-likeness (QED) is 0.727. The van der Waals surface area contributed by atoms with Crippen molar-refractivity contribution in [2.24, 2.45) is 11.1 Å². The number of carbonyl (C=O) groups excluding carboxylic acids is 2. The number of nitrogens with two attached hydrogens (primary N) is 1. The Morgan fingerprint density at radius 3 is 2.25 bits per heavy atom. The van der Waals surface area contributed by atoms with E-state index in [1.165, 1.54) is 24.3 Å². The summed E-state index contributed by atoms with van der Waals surface area (Å²) in [5.74, 6) is -1.91. The molecule has 1 unspecified atom stereocenters. The molecule has 1 atom stereocenters. The Morgan fingerprint density at radius 1 is 1.25 bits per heavy atom. The highest BCUT2D eigenvalue weighted by molar-refractivity contribution is 7.89. The Balaban J connectivity index is 2.61. The second kappa shape index (κ2) is 6.49. The standard InChI is InChI=1S/C12H16N2O5S/c1-8(7-12(16)17)6-11(15)14-9-2-4-10(5-3-9)20(13,18)19/h2-5,8H,6-7H2,1H3,(H,14,15)(H,16,17)(H2,13,18,19)/p-1. The number of rotatable bonds is 6. The number of benzene rings is 1. The number of anilines is 1. The molecule has 0 aromatic heterocycles. The average Bonchev–Trinajstić information content (AvgIpc) is 2.26. The molecule has 0 bridgehead atoms. The first-order valence-corrected chi connectivity index (χ1v) is 7.35. The van der Waals surface area contributed by atoms with Crippen LogP contribution in [0.2, 0.25) is 0 Å². The topological polar surface area (TPSA) is 129 Å². The van der Waals surface area contributed by atoms with Crippen LogP contribution in [0, 0.1) is 5.92 Å². The summed E-state index contributed by atoms with van der Waals surface area (Å²) in [6.45, 7) is 1.62. The number of carboxylic acid groups (broad SMARTS) is 1. The lowest BCUT2D eigenvalue weighted by Gasteiger charge is -2.12. The van der Waals surface area contributed by atoms with Crippen LogP contribution in [0.15, 0.2) is 29.2 Å². The van der Waals surface area contributed by atoms with E-state index in [1.54, 1.807) is 6.92 Å². The van der Waals surface area contributed by atoms with E-state index in [4.69, 9.17) is 5.14 Å². The van der Waals surface area contributed by atoms with Crippen LogP contribution in [-0.2, 0) is 19.6 Å². The number of nitrogens with one attached hydrogen (secondary N) is 1. The second-order valence-corrected chi connectivity index (χ2v) is 6.06. The molecule has 0 saturated carbocycles. The molecule has 1 aromatic carbocycles. The van der Waals surface area contributed by atoms with Crippen LogP contribution < -0.4 is 15.6 Å². The van der Waals surface area contributed by atoms with Gasteiger partial charge in [0.25, 0.3) is 0 Å². The number of primary sulfonamides is 1. The monoisotopic (exact) mass is 299 g/mol. The first-order valence-electron chi connectivity index (χ1n) is 5.81. The molecule has 0 fully saturated rings. The fourth-order valence-electron chi connectivity index (χ4n) is 1.61. The second-order valence-electron chi connectivity index (χ2n) is 4.50. The molecule has 7 nitrogen and oxygen atoms in total. The van der Waals surface area contributed by atoms with Gasteiger partial charge in [-0.3, -0.25) is 4.79 Å². The molecule has 0 aliphatic heterocycles. The van der Waals surface area contributed by atoms with Gasteiger partial charge in [-0.15, -0.1) is 0 Å². The van der Waals surface area contributed by atoms with Crippen molar-refractivity contribution in [1.82, 2.24) is 0 Å². The van der Waals surface area contributed by atoms with Crippen molar-refractivity contribution in [1.29, 1.82) is 0 Å². The van der Waals surface area contributed by atoms with Crippen LogP contribution in [0.4, 0.5) is 5.69 Å². The smallest absolute Gasteiger partial charge is 0.238 e. The Kier molecular flexibility index (Phi) is 5.23. The van der Waals surface area contributed by atoms with Gasteiger partial charge in [-0.25, -0.2) is 13.6 Å². The van der Waals surface area contributed by atoms with Crippen LogP contribution in [0.3, 0.4) is 0 Å². The Labute approximate surface area is 116 Å². The summed E-state index contributed by atoms with van der Waals surface area (Å²) in [5.41, 5.74) is 0.406. The van der Waals surface area contributed by atoms with E-state index in [2.05, 4.69) is 5.32 Å². The molecule has 20 heavy (non-hydrogen) atoms. The molecule has 0 spiro atoms. The maximum Gasteiger partial charge on any atom is 0.238 e. The number of amides is 1. The lowest BCUT2D eigenvalue weighted by molar-refractivity contribution is -0.306. The van der Waals surface area contributed by atoms with Crippen molar-refractivity contribution in [3.63, 3.8) is 0 Å². The van der Waals surface area contributed by atoms with Gasteiger partial charge in [0.05, 0.1) is 4.90 Å². The van der Waals surface area contributed by atoms with Gasteiger partial charge in [-0.2, -0.15) is 0 Å². The summed E-state index contributed by atoms with van der Waals surface area (Å²) >= 11 is 0. The average molecular weight is 299 g/mol. The van der Waals surface area contributed by atoms with Crippen LogP contribution in [0.5, 0.6) is 0 Å². The van der Waals surface area contributed by atoms with Crippen molar-refractivity contribution in [3.05, 3.63) is 24.3 Å². The first kappa shape index (κ1) is 16.1. The van der Waals surface area contributed by atoms with E-state index in [9.17, 15) is 23.1 Å². The predicted molar refractivity (Wildman–Crippen MR) is 69.8 cm³/mol. The maximum absolute atomic E-state index is 11.6. The normalized spacial score (nSPS) is 12.7. The molecule has 1 amide bonds. The van der Waals surface area contributed by atoms with Gasteiger partial charge in [0, 0.05) is 18.1 Å². The lowest BCUT2D eigenvalue weighted by atomic mass is 10.0. The van der Waals surface area contributed by atoms with Crippen molar-refractivity contribution >= 4 is 27.6 Å². The lowest BCUT2D eigenvalue weighted by Crippen LogP contribution is -2.26. The van der Waals surface area contributed by atoms with E-state index in [1.807, 2.05) is 0 Å². The van der Waals surface area contributed by atoms with Gasteiger partial charge in [-0.05, 0) is 36.6 Å². The van der Waals surface area contributed by atoms with Crippen molar-refractivity contribution < 1.29 is 23.1 Å². The molecule has 3 N–H and O–H groups in total. The Hall–Kier alpha value is -1.93. The van der Waals surface area contributed by atoms with E-state index < -0.39 is 16.0 Å². The highest BCUT2D eigenvalue weighted by Crippen LogP contribution is 2.14. The van der Waals surface area contributed by atoms with Gasteiger partial charge >= 0.3 is 0 Å². The molecular formula is C12H15N2O5S-. The highest BCUT2D eigenvalue weighted by atomic mass is 32.2. The minimum Gasteiger partial charge on any atom is -0.550 e. The molecule has 0 aliphatic rings. The molecule has 0 aliphatic carbocycles. The van der Waals surface area contributed by atoms with Gasteiger partial charge in [-0.1, -0.05) is 6.92 Å². The van der Waals surface area contributed by atoms with Crippen LogP contribution in [0.25, 0.3) is 0 Å². The van der Waals surface area contributed by atoms with E-state index >= 15 is 0 Å². The van der Waals surface area contributed by atoms with Gasteiger partial charge in [0.2, 0.25) is 15.9 Å². The van der Waals surface area contributed by atoms with Gasteiger partial charge in [0.1, 0.15) is 0 Å². The minimum atomic E-state index is -3.77. The Morgan fingerprint density at radius 2 is 1.80 bits per heavy atom. The number of aliphatic carboxylic acids is 1. The molecule has 0 saturated heterocycles. The number of hydrogen-bond donors (Lipinski definition) is 2. The molecule has 0 radical (unpaired) electrons. The van der Waals surface area contributed by atoms with Crippen molar-refractivity contribution in [2.45, 2.75) is 24.7 Å². The first-order chi connectivity index (χ1) is 9.18. The minimum absolute atomic E-state index is 0.0327. The van der Waals surface area contributed by atoms with Crippen LogP contribution in [-0.4, -0.2) is 20.3 Å². The predicted octanol–water partition coefficient (Wildman–Crippen LogP) is -0.561. The molecule has 1 rings (SSSR count). The zero-order chi connectivity index (χ0) is 15.3. The summed E-state index contributed by atoms with van der Waals surface area (Å²) in [4.78, 5) is 21.9. The van der Waals surface area contributed by atoms with E-state index in [0.29, 0.717) is 5.69 Å². The van der Waals surface area contributed by atoms with Gasteiger partial charge in [0.15, 0.2) is 0 Å². The summed E-state index contributed by atoms with van der Waals surface area (Å²) in [5, 5.41) is 17.8. The highest BCUT2D eigenvalue weighted by Gasteiger charge is 2.11. The Bertz CT molecular complexity index is 595. The maximum atomic E-state index is 11.6. The van der Waals surface area contributed by atoms with Crippen LogP contribution >= 0.6 is 0 Å². The summed E-state index contributed by atoms with van der Waals surface area (Å²) in [6.07, 6.45) is -0.164. The molecule has 8 heteroatoms. The fraction of sp³-hybridized carbons (Fsp3) is 0.333. The number of carbonyl (C=O) groups is 2. The fourth-order valence-corrected chi connectivity index (χ4v) is 2.13. The van der Waals surface area contributed by atoms with E-state index in [0.717, 1.165) is 0 Å². The zero-order valence-electron chi connectivity index (χ0n) is 10.8. The van der Waals surface area contributed by atoms with E-state index in [-0.39, 0.29) is 29.6 Å². The number of sulfonamides is 1. The third kappa shape index (κ3) is 5.37. The molecule has 1 aromatic rings. The third-order valence-electron chi connectivity index (χ3n) is 2.52. The summed E-state index contributed by atoms with van der Waals surface area (Å²) in [7, 11) is -3.77. The summed E-state index contributed by atoms with van der Waals surface area (Å²) < 4.78 is 22.1. The van der Waals surface area contributed by atoms with Crippen molar-refractivity contribution in [3.8, 4) is 0 Å². The third-order valence-corrected chi connectivity index (χ3v) is 3.44. The van der Waals surface area contributed by atoms with Crippen LogP contribution in [0.1, 0.15) is 19.8 Å². The molecule has 0 heterocycles.